The van der Waals surface area contributed by atoms with Crippen LogP contribution in [0.2, 0.25) is 0 Å². The fraction of sp³-hybridized carbons (Fsp3) is 0.681. The Morgan fingerprint density at radius 3 is 2.54 bits per heavy atom. The number of nitrogens with one attached hydrogen (secondary N) is 3. The van der Waals surface area contributed by atoms with Gasteiger partial charge in [0.05, 0.1) is 43.2 Å². The Hall–Kier alpha value is -4.69. The minimum atomic E-state index is -4.95. The van der Waals surface area contributed by atoms with Crippen LogP contribution >= 0.6 is 0 Å². The van der Waals surface area contributed by atoms with E-state index in [1.165, 1.54) is 11.0 Å². The number of fused-ring (bicyclic) bond motifs is 5. The van der Waals surface area contributed by atoms with Crippen LogP contribution in [0.25, 0.3) is 10.9 Å². The average Bonchev–Trinajstić information content (AvgIpc) is 3.95. The number of pyridine rings is 1. The standard InChI is InChI=1S/C47H63F3N6O10S/c1-30(2)28-65-43(60)52-36-11-8-6-4-5-7-10-31-14-17-46(31,42(59)54-67(61,62)44(3)18-19-44)53-40(57)37-27-45(29-56(37)41(36)58)16-15-33-34-26-32(64-23-9-20-55-21-24-63-25-22-55)12-13-35(34)51-39(38(33)66-45)47(48,49)50/h7,10,12-13,26,30-31,36-37H,4-6,8-9,11,14-25,27-29H2,1-3H3,(H,52,60)(H,53,57)(H,54,59)/b10-7-/t31-,36+,37+,45-,46-/m1/s1. The molecule has 20 heteroatoms. The number of nitrogens with zero attached hydrogens (tertiary/aromatic N) is 3. The lowest BCUT2D eigenvalue weighted by molar-refractivity contribution is -0.145. The van der Waals surface area contributed by atoms with Crippen molar-refractivity contribution in [1.29, 1.82) is 0 Å². The Morgan fingerprint density at radius 2 is 1.84 bits per heavy atom. The molecule has 67 heavy (non-hydrogen) atoms. The van der Waals surface area contributed by atoms with Gasteiger partial charge in [0, 0.05) is 42.9 Å². The molecule has 1 spiro atoms. The minimum Gasteiger partial charge on any atom is -0.494 e. The van der Waals surface area contributed by atoms with E-state index >= 15 is 13.2 Å². The Bertz CT molecular complexity index is 2360. The van der Waals surface area contributed by atoms with Crippen LogP contribution < -0.4 is 24.8 Å². The molecule has 368 valence electrons. The number of benzene rings is 1. The van der Waals surface area contributed by atoms with E-state index in [0.29, 0.717) is 75.9 Å². The van der Waals surface area contributed by atoms with Gasteiger partial charge in [0.2, 0.25) is 21.8 Å². The summed E-state index contributed by atoms with van der Waals surface area (Å²) in [5, 5.41) is 5.99. The van der Waals surface area contributed by atoms with Crippen LogP contribution in [0, 0.1) is 11.8 Å². The monoisotopic (exact) mass is 960 g/mol. The predicted molar refractivity (Wildman–Crippen MR) is 240 cm³/mol. The molecular formula is C47H63F3N6O10S. The van der Waals surface area contributed by atoms with E-state index in [-0.39, 0.29) is 62.3 Å². The van der Waals surface area contributed by atoms with Crippen molar-refractivity contribution in [3.05, 3.63) is 41.6 Å². The molecule has 3 N–H and O–H groups in total. The number of sulfonamides is 1. The van der Waals surface area contributed by atoms with E-state index < -0.39 is 85.3 Å². The molecule has 4 aliphatic heterocycles. The Balaban J connectivity index is 1.12. The zero-order valence-electron chi connectivity index (χ0n) is 38.5. The predicted octanol–water partition coefficient (Wildman–Crippen LogP) is 5.55. The first kappa shape index (κ1) is 48.8. The smallest absolute Gasteiger partial charge is 0.437 e. The molecule has 1 aromatic heterocycles. The number of carbonyl (C=O) groups excluding carboxylic acids is 4. The maximum absolute atomic E-state index is 15.0. The summed E-state index contributed by atoms with van der Waals surface area (Å²) in [6.45, 7) is 9.22. The summed E-state index contributed by atoms with van der Waals surface area (Å²) < 4.78 is 96.5. The third kappa shape index (κ3) is 10.5. The van der Waals surface area contributed by atoms with Crippen LogP contribution in [0.5, 0.6) is 11.5 Å². The van der Waals surface area contributed by atoms with Gasteiger partial charge in [0.25, 0.3) is 5.91 Å². The molecule has 16 nitrogen and oxygen atoms in total. The number of ether oxygens (including phenoxy) is 4. The first-order valence-corrected chi connectivity index (χ1v) is 25.3. The Kier molecular flexibility index (Phi) is 14.1. The summed E-state index contributed by atoms with van der Waals surface area (Å²) in [6.07, 6.45) is 2.53. The molecule has 1 aromatic carbocycles. The number of hydrogen-bond acceptors (Lipinski definition) is 12. The Labute approximate surface area is 389 Å². The molecule has 2 aliphatic carbocycles. The molecule has 8 rings (SSSR count). The number of aryl methyl sites for hydroxylation is 1. The van der Waals surface area contributed by atoms with Crippen LogP contribution in [0.3, 0.4) is 0 Å². The number of aromatic nitrogens is 1. The van der Waals surface area contributed by atoms with Crippen LogP contribution in [-0.2, 0) is 46.5 Å². The number of hydrogen-bond donors (Lipinski definition) is 3. The molecule has 0 bridgehead atoms. The number of halogens is 3. The molecule has 2 aromatic rings. The van der Waals surface area contributed by atoms with Crippen molar-refractivity contribution in [2.75, 3.05) is 52.6 Å². The maximum Gasteiger partial charge on any atom is 0.437 e. The highest BCUT2D eigenvalue weighted by molar-refractivity contribution is 7.91. The molecule has 4 amide bonds. The molecule has 5 atom stereocenters. The zero-order valence-corrected chi connectivity index (χ0v) is 39.3. The lowest BCUT2D eigenvalue weighted by Gasteiger charge is -2.48. The lowest BCUT2D eigenvalue weighted by atomic mass is 9.65. The van der Waals surface area contributed by atoms with Crippen molar-refractivity contribution in [2.45, 2.75) is 138 Å². The number of carbonyl (C=O) groups is 4. The van der Waals surface area contributed by atoms with E-state index in [4.69, 9.17) is 18.9 Å². The van der Waals surface area contributed by atoms with Crippen molar-refractivity contribution in [1.82, 2.24) is 30.1 Å². The number of amides is 4. The van der Waals surface area contributed by atoms with Gasteiger partial charge in [-0.2, -0.15) is 13.2 Å². The highest BCUT2D eigenvalue weighted by atomic mass is 32.2. The summed E-state index contributed by atoms with van der Waals surface area (Å²) in [5.41, 5.74) is -4.13. The molecule has 0 radical (unpaired) electrons. The van der Waals surface area contributed by atoms with Gasteiger partial charge in [-0.15, -0.1) is 0 Å². The van der Waals surface area contributed by atoms with Gasteiger partial charge in [-0.05, 0) is 95.2 Å². The number of alkyl halides is 3. The first-order chi connectivity index (χ1) is 31.8. The molecule has 0 unspecified atom stereocenters. The normalized spacial score (nSPS) is 28.4. The number of allylic oxidation sites excluding steroid dienone is 1. The highest BCUT2D eigenvalue weighted by Gasteiger charge is 2.60. The number of rotatable bonds is 11. The van der Waals surface area contributed by atoms with Gasteiger partial charge in [-0.3, -0.25) is 24.0 Å². The molecular weight excluding hydrogens is 898 g/mol. The highest BCUT2D eigenvalue weighted by Crippen LogP contribution is 2.50. The summed E-state index contributed by atoms with van der Waals surface area (Å²) in [7, 11) is -4.12. The van der Waals surface area contributed by atoms with Gasteiger partial charge in [0.15, 0.2) is 11.4 Å². The number of morpholine rings is 1. The van der Waals surface area contributed by atoms with Crippen molar-refractivity contribution < 1.29 is 59.7 Å². The fourth-order valence-electron chi connectivity index (χ4n) is 9.89. The maximum atomic E-state index is 15.0. The first-order valence-electron chi connectivity index (χ1n) is 23.8. The summed E-state index contributed by atoms with van der Waals surface area (Å²) in [6, 6.07) is 2.17. The van der Waals surface area contributed by atoms with Crippen molar-refractivity contribution in [2.24, 2.45) is 11.8 Å². The van der Waals surface area contributed by atoms with Gasteiger partial charge >= 0.3 is 12.3 Å². The van der Waals surface area contributed by atoms with Gasteiger partial charge < -0.3 is 34.5 Å². The molecule has 5 heterocycles. The van der Waals surface area contributed by atoms with Crippen LogP contribution in [-0.4, -0.2) is 128 Å². The molecule has 2 saturated carbocycles. The van der Waals surface area contributed by atoms with Gasteiger partial charge in [0.1, 0.15) is 29.0 Å². The van der Waals surface area contributed by atoms with E-state index in [0.717, 1.165) is 26.1 Å². The van der Waals surface area contributed by atoms with E-state index in [1.54, 1.807) is 19.1 Å². The topological polar surface area (TPSA) is 195 Å². The zero-order chi connectivity index (χ0) is 47.8. The van der Waals surface area contributed by atoms with E-state index in [9.17, 15) is 27.6 Å². The van der Waals surface area contributed by atoms with Crippen molar-refractivity contribution >= 4 is 44.7 Å². The van der Waals surface area contributed by atoms with E-state index in [2.05, 4.69) is 25.2 Å². The third-order valence-corrected chi connectivity index (χ3v) is 16.5. The minimum absolute atomic E-state index is 0.000129. The van der Waals surface area contributed by atoms with Crippen LogP contribution in [0.15, 0.2) is 30.4 Å². The van der Waals surface area contributed by atoms with Gasteiger partial charge in [-0.25, -0.2) is 18.2 Å². The Morgan fingerprint density at radius 1 is 1.06 bits per heavy atom. The largest absolute Gasteiger partial charge is 0.494 e. The van der Waals surface area contributed by atoms with E-state index in [1.807, 2.05) is 26.0 Å². The molecule has 6 aliphatic rings. The quantitative estimate of drug-likeness (QED) is 0.188. The summed E-state index contributed by atoms with van der Waals surface area (Å²) >= 11 is 0. The van der Waals surface area contributed by atoms with Crippen molar-refractivity contribution in [3.63, 3.8) is 0 Å². The van der Waals surface area contributed by atoms with Gasteiger partial charge in [-0.1, -0.05) is 38.8 Å². The van der Waals surface area contributed by atoms with Crippen molar-refractivity contribution in [3.8, 4) is 11.5 Å². The summed E-state index contributed by atoms with van der Waals surface area (Å²) in [5.74, 6) is -3.00. The van der Waals surface area contributed by atoms with Crippen LogP contribution in [0.4, 0.5) is 18.0 Å². The molecule has 2 saturated heterocycles. The SMILES string of the molecule is CC(C)COC(=O)N[C@H]1CCCCC/C=C\[C@@H]2CC[C@@]2(C(=O)NS(=O)(=O)C2(C)CC2)NC(=O)[C@@H]2C[C@]3(CCc4c(c(C(F)(F)F)nc5ccc(OCCCN6CCOCC6)cc45)O3)CN2C1=O. The number of alkyl carbamates (subject to hydrolysis) is 1. The second-order valence-electron chi connectivity index (χ2n) is 19.8. The third-order valence-electron chi connectivity index (χ3n) is 14.3. The lowest BCUT2D eigenvalue weighted by Crippen LogP contribution is -2.70. The average molecular weight is 961 g/mol. The van der Waals surface area contributed by atoms with Crippen LogP contribution in [0.1, 0.15) is 109 Å². The second-order valence-corrected chi connectivity index (χ2v) is 22.0. The second kappa shape index (κ2) is 19.4. The molecule has 4 fully saturated rings. The fourth-order valence-corrected chi connectivity index (χ4v) is 11.2. The summed E-state index contributed by atoms with van der Waals surface area (Å²) in [4.78, 5) is 64.8.